The molecule has 1 amide bonds. The normalized spacial score (nSPS) is 12.9. The van der Waals surface area contributed by atoms with Crippen LogP contribution in [0.1, 0.15) is 44.9 Å². The molecular formula is C14H20ClNO3. The Kier molecular flexibility index (Phi) is 5.20. The molecule has 1 rings (SSSR count). The van der Waals surface area contributed by atoms with Gasteiger partial charge in [-0.3, -0.25) is 0 Å². The fraction of sp³-hybridized carbons (Fsp3) is 0.500. The van der Waals surface area contributed by atoms with Crippen molar-refractivity contribution < 1.29 is 14.6 Å². The largest absolute Gasteiger partial charge is 0.444 e. The molecule has 1 aromatic carbocycles. The van der Waals surface area contributed by atoms with E-state index in [1.54, 1.807) is 45.9 Å². The highest BCUT2D eigenvalue weighted by atomic mass is 35.5. The molecule has 0 aliphatic rings. The van der Waals surface area contributed by atoms with Crippen molar-refractivity contribution in [1.29, 1.82) is 0 Å². The van der Waals surface area contributed by atoms with Gasteiger partial charge in [-0.2, -0.15) is 0 Å². The number of carbonyl (C=O) groups is 1. The summed E-state index contributed by atoms with van der Waals surface area (Å²) >= 11 is 5.89. The molecule has 0 aliphatic carbocycles. The Balaban J connectivity index is 2.70. The van der Waals surface area contributed by atoms with Crippen molar-refractivity contribution in [2.45, 2.75) is 45.9 Å². The van der Waals surface area contributed by atoms with Crippen LogP contribution in [-0.4, -0.2) is 16.8 Å². The van der Waals surface area contributed by atoms with E-state index in [4.69, 9.17) is 16.3 Å². The Bertz CT molecular complexity index is 452. The second-order valence-corrected chi connectivity index (χ2v) is 5.81. The molecule has 0 spiro atoms. The molecule has 0 heterocycles. The SMILES string of the molecule is C[C@H](O)c1cc(Cl)ccc1CNC(=O)OC(C)(C)C. The Hall–Kier alpha value is -1.26. The molecule has 5 heteroatoms. The van der Waals surface area contributed by atoms with E-state index in [2.05, 4.69) is 5.32 Å². The Morgan fingerprint density at radius 1 is 1.47 bits per heavy atom. The Morgan fingerprint density at radius 3 is 2.63 bits per heavy atom. The summed E-state index contributed by atoms with van der Waals surface area (Å²) in [4.78, 5) is 11.6. The lowest BCUT2D eigenvalue weighted by atomic mass is 10.0. The van der Waals surface area contributed by atoms with Crippen LogP contribution in [0.3, 0.4) is 0 Å². The van der Waals surface area contributed by atoms with E-state index in [1.807, 2.05) is 0 Å². The summed E-state index contributed by atoms with van der Waals surface area (Å²) in [6.45, 7) is 7.34. The fourth-order valence-electron chi connectivity index (χ4n) is 1.60. The molecule has 2 N–H and O–H groups in total. The van der Waals surface area contributed by atoms with Crippen molar-refractivity contribution in [2.75, 3.05) is 0 Å². The number of carbonyl (C=O) groups excluding carboxylic acids is 1. The number of rotatable bonds is 3. The highest BCUT2D eigenvalue weighted by molar-refractivity contribution is 6.30. The van der Waals surface area contributed by atoms with Gasteiger partial charge in [0.15, 0.2) is 0 Å². The third kappa shape index (κ3) is 5.49. The van der Waals surface area contributed by atoms with E-state index in [-0.39, 0.29) is 6.54 Å². The number of amides is 1. The zero-order valence-corrected chi connectivity index (χ0v) is 12.4. The highest BCUT2D eigenvalue weighted by Crippen LogP contribution is 2.22. The van der Waals surface area contributed by atoms with Gasteiger partial charge in [-0.15, -0.1) is 0 Å². The Morgan fingerprint density at radius 2 is 2.11 bits per heavy atom. The first-order chi connectivity index (χ1) is 8.69. The van der Waals surface area contributed by atoms with Crippen LogP contribution >= 0.6 is 11.6 Å². The van der Waals surface area contributed by atoms with Crippen molar-refractivity contribution in [3.05, 3.63) is 34.3 Å². The molecule has 0 bridgehead atoms. The molecule has 0 saturated carbocycles. The van der Waals surface area contributed by atoms with Crippen LogP contribution in [0.4, 0.5) is 4.79 Å². The zero-order valence-electron chi connectivity index (χ0n) is 11.7. The van der Waals surface area contributed by atoms with Crippen LogP contribution in [0.15, 0.2) is 18.2 Å². The van der Waals surface area contributed by atoms with E-state index in [0.717, 1.165) is 5.56 Å². The summed E-state index contributed by atoms with van der Waals surface area (Å²) in [5.74, 6) is 0. The van der Waals surface area contributed by atoms with E-state index in [1.165, 1.54) is 0 Å². The molecule has 1 aromatic rings. The van der Waals surface area contributed by atoms with Gasteiger partial charge in [0.25, 0.3) is 0 Å². The second kappa shape index (κ2) is 6.26. The first-order valence-electron chi connectivity index (χ1n) is 6.12. The lowest BCUT2D eigenvalue weighted by molar-refractivity contribution is 0.0523. The van der Waals surface area contributed by atoms with E-state index in [0.29, 0.717) is 10.6 Å². The first-order valence-corrected chi connectivity index (χ1v) is 6.50. The molecular weight excluding hydrogens is 266 g/mol. The maximum absolute atomic E-state index is 11.6. The van der Waals surface area contributed by atoms with Crippen LogP contribution in [0, 0.1) is 0 Å². The standard InChI is InChI=1S/C14H20ClNO3/c1-9(17)12-7-11(15)6-5-10(12)8-16-13(18)19-14(2,3)4/h5-7,9,17H,8H2,1-4H3,(H,16,18)/t9-/m0/s1. The van der Waals surface area contributed by atoms with Crippen LogP contribution in [0.5, 0.6) is 0 Å². The van der Waals surface area contributed by atoms with Crippen LogP contribution < -0.4 is 5.32 Å². The van der Waals surface area contributed by atoms with Gasteiger partial charge >= 0.3 is 6.09 Å². The molecule has 1 atom stereocenters. The summed E-state index contributed by atoms with van der Waals surface area (Å²) in [6.07, 6.45) is -1.13. The van der Waals surface area contributed by atoms with Crippen molar-refractivity contribution >= 4 is 17.7 Å². The zero-order chi connectivity index (χ0) is 14.6. The smallest absolute Gasteiger partial charge is 0.407 e. The average Bonchev–Trinajstić information content (AvgIpc) is 2.24. The molecule has 0 unspecified atom stereocenters. The minimum atomic E-state index is -0.644. The number of aliphatic hydroxyl groups excluding tert-OH is 1. The van der Waals surface area contributed by atoms with E-state index < -0.39 is 17.8 Å². The van der Waals surface area contributed by atoms with Crippen molar-refractivity contribution in [3.8, 4) is 0 Å². The van der Waals surface area contributed by atoms with Gasteiger partial charge in [-0.25, -0.2) is 4.79 Å². The lowest BCUT2D eigenvalue weighted by Gasteiger charge is -2.20. The minimum Gasteiger partial charge on any atom is -0.444 e. The maximum Gasteiger partial charge on any atom is 0.407 e. The third-order valence-electron chi connectivity index (χ3n) is 2.38. The molecule has 0 aliphatic heterocycles. The number of hydrogen-bond donors (Lipinski definition) is 2. The minimum absolute atomic E-state index is 0.284. The highest BCUT2D eigenvalue weighted by Gasteiger charge is 2.16. The summed E-state index contributed by atoms with van der Waals surface area (Å²) in [6, 6.07) is 5.19. The quantitative estimate of drug-likeness (QED) is 0.895. The molecule has 4 nitrogen and oxygen atoms in total. The summed E-state index contributed by atoms with van der Waals surface area (Å²) in [5, 5.41) is 12.9. The van der Waals surface area contributed by atoms with Gasteiger partial charge in [0.1, 0.15) is 5.60 Å². The van der Waals surface area contributed by atoms with Gasteiger partial charge < -0.3 is 15.2 Å². The topological polar surface area (TPSA) is 58.6 Å². The molecule has 0 fully saturated rings. The first kappa shape index (κ1) is 15.8. The summed E-state index contributed by atoms with van der Waals surface area (Å²) in [7, 11) is 0. The summed E-state index contributed by atoms with van der Waals surface area (Å²) in [5.41, 5.74) is 0.978. The number of aliphatic hydroxyl groups is 1. The van der Waals surface area contributed by atoms with E-state index in [9.17, 15) is 9.90 Å². The number of hydrogen-bond acceptors (Lipinski definition) is 3. The lowest BCUT2D eigenvalue weighted by Crippen LogP contribution is -2.32. The molecule has 0 aromatic heterocycles. The van der Waals surface area contributed by atoms with Crippen LogP contribution in [-0.2, 0) is 11.3 Å². The number of alkyl carbamates (subject to hydrolysis) is 1. The number of halogens is 1. The predicted octanol–water partition coefficient (Wildman–Crippen LogP) is 3.42. The van der Waals surface area contributed by atoms with Crippen LogP contribution in [0.25, 0.3) is 0 Å². The van der Waals surface area contributed by atoms with Crippen molar-refractivity contribution in [2.24, 2.45) is 0 Å². The van der Waals surface area contributed by atoms with Gasteiger partial charge in [0, 0.05) is 11.6 Å². The van der Waals surface area contributed by atoms with Crippen molar-refractivity contribution in [3.63, 3.8) is 0 Å². The van der Waals surface area contributed by atoms with E-state index >= 15 is 0 Å². The van der Waals surface area contributed by atoms with Crippen molar-refractivity contribution in [1.82, 2.24) is 5.32 Å². The second-order valence-electron chi connectivity index (χ2n) is 5.37. The Labute approximate surface area is 118 Å². The number of ether oxygens (including phenoxy) is 1. The molecule has 19 heavy (non-hydrogen) atoms. The predicted molar refractivity (Wildman–Crippen MR) is 75.2 cm³/mol. The number of nitrogens with one attached hydrogen (secondary N) is 1. The van der Waals surface area contributed by atoms with Gasteiger partial charge in [-0.05, 0) is 51.0 Å². The molecule has 106 valence electrons. The fourth-order valence-corrected chi connectivity index (χ4v) is 1.78. The van der Waals surface area contributed by atoms with Gasteiger partial charge in [0.2, 0.25) is 0 Å². The van der Waals surface area contributed by atoms with Gasteiger partial charge in [-0.1, -0.05) is 17.7 Å². The monoisotopic (exact) mass is 285 g/mol. The molecule has 0 radical (unpaired) electrons. The maximum atomic E-state index is 11.6. The van der Waals surface area contributed by atoms with Crippen LogP contribution in [0.2, 0.25) is 5.02 Å². The molecule has 0 saturated heterocycles. The number of benzene rings is 1. The average molecular weight is 286 g/mol. The third-order valence-corrected chi connectivity index (χ3v) is 2.62. The van der Waals surface area contributed by atoms with Gasteiger partial charge in [0.05, 0.1) is 6.10 Å². The summed E-state index contributed by atoms with van der Waals surface area (Å²) < 4.78 is 5.14.